The van der Waals surface area contributed by atoms with Gasteiger partial charge in [0.1, 0.15) is 5.75 Å². The quantitative estimate of drug-likeness (QED) is 0.669. The summed E-state index contributed by atoms with van der Waals surface area (Å²) in [5.41, 5.74) is 11.8. The number of hydrogen-bond acceptors (Lipinski definition) is 3. The molecule has 0 saturated carbocycles. The Morgan fingerprint density at radius 3 is 2.50 bits per heavy atom. The molecule has 0 bridgehead atoms. The molecule has 0 radical (unpaired) electrons. The molecule has 0 aliphatic carbocycles. The third-order valence-electron chi connectivity index (χ3n) is 4.53. The first-order chi connectivity index (χ1) is 12.4. The van der Waals surface area contributed by atoms with Crippen LogP contribution < -0.4 is 15.8 Å². The van der Waals surface area contributed by atoms with Gasteiger partial charge in [0.05, 0.1) is 6.61 Å². The maximum atomic E-state index is 11.6. The Kier molecular flexibility index (Phi) is 6.84. The Hall–Kier alpha value is -2.75. The summed E-state index contributed by atoms with van der Waals surface area (Å²) in [6, 6.07) is 13.6. The predicted octanol–water partition coefficient (Wildman–Crippen LogP) is 4.83. The fraction of sp³-hybridized carbons (Fsp3) is 0.318. The first-order valence-electron chi connectivity index (χ1n) is 8.86. The fourth-order valence-corrected chi connectivity index (χ4v) is 2.50. The molecule has 0 saturated heterocycles. The van der Waals surface area contributed by atoms with Gasteiger partial charge in [0.25, 0.3) is 0 Å². The van der Waals surface area contributed by atoms with Crippen LogP contribution >= 0.6 is 0 Å². The Labute approximate surface area is 156 Å². The van der Waals surface area contributed by atoms with E-state index in [0.717, 1.165) is 12.1 Å². The molecule has 0 spiro atoms. The maximum Gasteiger partial charge on any atom is 0.248 e. The Balaban J connectivity index is 2.10. The van der Waals surface area contributed by atoms with Crippen molar-refractivity contribution in [2.45, 2.75) is 40.7 Å². The normalized spacial score (nSPS) is 10.3. The van der Waals surface area contributed by atoms with E-state index in [1.807, 2.05) is 18.2 Å². The zero-order valence-electron chi connectivity index (χ0n) is 16.1. The van der Waals surface area contributed by atoms with Gasteiger partial charge in [-0.15, -0.1) is 0 Å². The van der Waals surface area contributed by atoms with Crippen LogP contribution in [0.4, 0.5) is 5.69 Å². The number of benzene rings is 2. The second-order valence-electron chi connectivity index (χ2n) is 6.77. The molecule has 138 valence electrons. The average Bonchev–Trinajstić information content (AvgIpc) is 2.60. The molecule has 2 rings (SSSR count). The van der Waals surface area contributed by atoms with E-state index < -0.39 is 5.91 Å². The van der Waals surface area contributed by atoms with Crippen molar-refractivity contribution in [3.05, 3.63) is 70.3 Å². The highest BCUT2D eigenvalue weighted by molar-refractivity contribution is 5.94. The van der Waals surface area contributed by atoms with Gasteiger partial charge in [-0.1, -0.05) is 35.4 Å². The van der Waals surface area contributed by atoms with Crippen molar-refractivity contribution in [2.75, 3.05) is 11.9 Å². The van der Waals surface area contributed by atoms with Crippen LogP contribution in [-0.2, 0) is 6.54 Å². The number of anilines is 1. The van der Waals surface area contributed by atoms with Gasteiger partial charge in [-0.3, -0.25) is 4.79 Å². The molecule has 4 nitrogen and oxygen atoms in total. The van der Waals surface area contributed by atoms with Gasteiger partial charge in [-0.05, 0) is 51.0 Å². The van der Waals surface area contributed by atoms with Crippen molar-refractivity contribution in [3.8, 4) is 5.75 Å². The van der Waals surface area contributed by atoms with Crippen LogP contribution in [0.15, 0.2) is 53.6 Å². The van der Waals surface area contributed by atoms with Crippen molar-refractivity contribution >= 4 is 11.6 Å². The third-order valence-corrected chi connectivity index (χ3v) is 4.53. The summed E-state index contributed by atoms with van der Waals surface area (Å²) in [6.45, 7) is 9.61. The molecule has 0 aliphatic heterocycles. The molecule has 2 aromatic rings. The van der Waals surface area contributed by atoms with Crippen LogP contribution in [0.5, 0.6) is 5.75 Å². The van der Waals surface area contributed by atoms with Crippen LogP contribution in [0, 0.1) is 6.92 Å². The van der Waals surface area contributed by atoms with Gasteiger partial charge in [0.15, 0.2) is 0 Å². The largest absolute Gasteiger partial charge is 0.493 e. The van der Waals surface area contributed by atoms with Gasteiger partial charge >= 0.3 is 0 Å². The summed E-state index contributed by atoms with van der Waals surface area (Å²) in [6.07, 6.45) is 0.856. The highest BCUT2D eigenvalue weighted by atomic mass is 16.5. The van der Waals surface area contributed by atoms with E-state index in [4.69, 9.17) is 10.5 Å². The van der Waals surface area contributed by atoms with Gasteiger partial charge in [0.2, 0.25) is 5.91 Å². The van der Waals surface area contributed by atoms with Crippen molar-refractivity contribution in [1.29, 1.82) is 0 Å². The van der Waals surface area contributed by atoms with E-state index in [2.05, 4.69) is 45.1 Å². The smallest absolute Gasteiger partial charge is 0.248 e. The lowest BCUT2D eigenvalue weighted by Crippen LogP contribution is -2.12. The number of carbonyl (C=O) groups excluding carboxylic acids is 1. The minimum absolute atomic E-state index is 0.439. The molecular formula is C22H28N2O2. The summed E-state index contributed by atoms with van der Waals surface area (Å²) in [4.78, 5) is 11.6. The molecule has 4 heteroatoms. The fourth-order valence-electron chi connectivity index (χ4n) is 2.50. The van der Waals surface area contributed by atoms with Crippen molar-refractivity contribution < 1.29 is 9.53 Å². The van der Waals surface area contributed by atoms with E-state index in [0.29, 0.717) is 24.5 Å². The van der Waals surface area contributed by atoms with E-state index in [1.165, 1.54) is 22.3 Å². The monoisotopic (exact) mass is 352 g/mol. The Morgan fingerprint density at radius 2 is 1.85 bits per heavy atom. The van der Waals surface area contributed by atoms with Crippen molar-refractivity contribution in [2.24, 2.45) is 5.73 Å². The second-order valence-corrected chi connectivity index (χ2v) is 6.77. The second kappa shape index (κ2) is 9.09. The number of nitrogens with two attached hydrogens (primary N) is 1. The number of hydrogen-bond donors (Lipinski definition) is 2. The molecule has 1 amide bonds. The van der Waals surface area contributed by atoms with E-state index in [-0.39, 0.29) is 0 Å². The van der Waals surface area contributed by atoms with Gasteiger partial charge in [-0.2, -0.15) is 0 Å². The Morgan fingerprint density at radius 1 is 1.12 bits per heavy atom. The molecule has 0 heterocycles. The number of carbonyl (C=O) groups is 1. The lowest BCUT2D eigenvalue weighted by molar-refractivity contribution is 0.1000. The van der Waals surface area contributed by atoms with Crippen LogP contribution in [0.2, 0.25) is 0 Å². The zero-order valence-corrected chi connectivity index (χ0v) is 16.1. The maximum absolute atomic E-state index is 11.6. The van der Waals surface area contributed by atoms with Gasteiger partial charge < -0.3 is 15.8 Å². The zero-order chi connectivity index (χ0) is 19.1. The van der Waals surface area contributed by atoms with Crippen LogP contribution in [0.1, 0.15) is 48.7 Å². The third kappa shape index (κ3) is 5.66. The number of primary amides is 1. The summed E-state index contributed by atoms with van der Waals surface area (Å²) in [5.74, 6) is 0.185. The topological polar surface area (TPSA) is 64.3 Å². The SMILES string of the molecule is CC(C)=C(C)CCOc1cc(NCc2ccccc2C)cc(C(N)=O)c1. The van der Waals surface area contributed by atoms with E-state index in [1.54, 1.807) is 12.1 Å². The summed E-state index contributed by atoms with van der Waals surface area (Å²) in [5, 5.41) is 3.36. The highest BCUT2D eigenvalue weighted by Crippen LogP contribution is 2.23. The average molecular weight is 352 g/mol. The summed E-state index contributed by atoms with van der Waals surface area (Å²) < 4.78 is 5.85. The number of amides is 1. The number of aryl methyl sites for hydroxylation is 1. The van der Waals surface area contributed by atoms with Gasteiger partial charge in [-0.25, -0.2) is 0 Å². The molecule has 26 heavy (non-hydrogen) atoms. The number of ether oxygens (including phenoxy) is 1. The van der Waals surface area contributed by atoms with E-state index in [9.17, 15) is 4.79 Å². The molecule has 0 unspecified atom stereocenters. The number of nitrogens with one attached hydrogen (secondary N) is 1. The molecule has 2 aromatic carbocycles. The lowest BCUT2D eigenvalue weighted by Gasteiger charge is -2.13. The van der Waals surface area contributed by atoms with Crippen LogP contribution in [0.25, 0.3) is 0 Å². The Bertz CT molecular complexity index is 806. The molecule has 0 atom stereocenters. The molecular weight excluding hydrogens is 324 g/mol. The molecule has 3 N–H and O–H groups in total. The molecule has 0 aliphatic rings. The lowest BCUT2D eigenvalue weighted by atomic mass is 10.1. The predicted molar refractivity (Wildman–Crippen MR) is 108 cm³/mol. The standard InChI is InChI=1S/C22H28N2O2/c1-15(2)16(3)9-10-26-21-12-19(22(23)25)11-20(13-21)24-14-18-8-6-5-7-17(18)4/h5-8,11-13,24H,9-10,14H2,1-4H3,(H2,23,25). The molecule has 0 aromatic heterocycles. The minimum Gasteiger partial charge on any atom is -0.493 e. The first-order valence-corrected chi connectivity index (χ1v) is 8.86. The van der Waals surface area contributed by atoms with Crippen molar-refractivity contribution in [3.63, 3.8) is 0 Å². The van der Waals surface area contributed by atoms with Crippen LogP contribution in [0.3, 0.4) is 0 Å². The summed E-state index contributed by atoms with van der Waals surface area (Å²) in [7, 11) is 0. The van der Waals surface area contributed by atoms with Gasteiger partial charge in [0, 0.05) is 30.3 Å². The first kappa shape index (κ1) is 19.6. The van der Waals surface area contributed by atoms with E-state index >= 15 is 0 Å². The summed E-state index contributed by atoms with van der Waals surface area (Å²) >= 11 is 0. The minimum atomic E-state index is -0.463. The number of allylic oxidation sites excluding steroid dienone is 1. The van der Waals surface area contributed by atoms with Crippen LogP contribution in [-0.4, -0.2) is 12.5 Å². The van der Waals surface area contributed by atoms with Crippen molar-refractivity contribution in [1.82, 2.24) is 0 Å². The molecule has 0 fully saturated rings. The number of rotatable bonds is 8. The highest BCUT2D eigenvalue weighted by Gasteiger charge is 2.07.